The summed E-state index contributed by atoms with van der Waals surface area (Å²) < 4.78 is 27.7. The van der Waals surface area contributed by atoms with Crippen molar-refractivity contribution in [2.45, 2.75) is 111 Å². The highest BCUT2D eigenvalue weighted by atomic mass is 19.1. The van der Waals surface area contributed by atoms with Crippen LogP contribution < -0.4 is 0 Å². The number of fused-ring (bicyclic) bond motifs is 1. The number of epoxide rings is 1. The molecular weight excluding hydrogens is 539 g/mol. The lowest BCUT2D eigenvalue weighted by Crippen LogP contribution is -2.45. The molecule has 0 radical (unpaired) electrons. The minimum absolute atomic E-state index is 0.107. The van der Waals surface area contributed by atoms with E-state index in [2.05, 4.69) is 5.10 Å². The number of carbonyl (C=O) groups is 2. The zero-order valence-corrected chi connectivity index (χ0v) is 25.8. The van der Waals surface area contributed by atoms with E-state index in [0.717, 1.165) is 24.8 Å². The summed E-state index contributed by atoms with van der Waals surface area (Å²) in [5, 5.41) is 26.4. The summed E-state index contributed by atoms with van der Waals surface area (Å²) in [7, 11) is 0. The van der Waals surface area contributed by atoms with E-state index < -0.39 is 35.6 Å². The predicted octanol–water partition coefficient (Wildman–Crippen LogP) is 5.35. The first kappa shape index (κ1) is 32.0. The van der Waals surface area contributed by atoms with Gasteiger partial charge < -0.3 is 19.7 Å². The normalized spacial score (nSPS) is 33.1. The van der Waals surface area contributed by atoms with Gasteiger partial charge in [-0.2, -0.15) is 5.10 Å². The summed E-state index contributed by atoms with van der Waals surface area (Å²) in [6, 6.07) is 6.72. The number of Topliss-reactive ketones (excluding diaryl/α,β-unsaturated/α-hetero) is 1. The van der Waals surface area contributed by atoms with E-state index in [1.165, 1.54) is 6.07 Å². The van der Waals surface area contributed by atoms with Gasteiger partial charge in [-0.25, -0.2) is 9.07 Å². The third-order valence-electron chi connectivity index (χ3n) is 9.32. The van der Waals surface area contributed by atoms with Crippen molar-refractivity contribution >= 4 is 17.8 Å². The van der Waals surface area contributed by atoms with Gasteiger partial charge in [-0.1, -0.05) is 40.2 Å². The van der Waals surface area contributed by atoms with Crippen molar-refractivity contribution in [2.24, 2.45) is 17.3 Å². The number of aromatic nitrogens is 2. The maximum absolute atomic E-state index is 14.1. The minimum Gasteiger partial charge on any atom is -0.458 e. The number of aryl methyl sites for hydroxylation is 1. The SMILES string of the molecule is C/C(=C\c1ccn(-c2ccc(C)c(F)c2)n1)[C@@H]1C[C@@H]2O[C@]2(C)CCC[C@H](C)[C@H](O)[C@@H](C)C(=O)C(C)(C)[C@@H](O)CC(=O)O1. The van der Waals surface area contributed by atoms with Gasteiger partial charge in [-0.3, -0.25) is 9.59 Å². The smallest absolute Gasteiger partial charge is 0.309 e. The molecule has 8 nitrogen and oxygen atoms in total. The van der Waals surface area contributed by atoms with E-state index in [9.17, 15) is 24.2 Å². The predicted molar refractivity (Wildman–Crippen MR) is 157 cm³/mol. The molecule has 3 heterocycles. The first-order chi connectivity index (χ1) is 19.6. The number of hydrogen-bond donors (Lipinski definition) is 2. The first-order valence-electron chi connectivity index (χ1n) is 14.9. The van der Waals surface area contributed by atoms with E-state index in [1.54, 1.807) is 56.8 Å². The second-order valence-electron chi connectivity index (χ2n) is 13.1. The molecule has 42 heavy (non-hydrogen) atoms. The van der Waals surface area contributed by atoms with Crippen LogP contribution in [-0.2, 0) is 19.1 Å². The van der Waals surface area contributed by atoms with Gasteiger partial charge in [0.05, 0.1) is 47.1 Å². The quantitative estimate of drug-likeness (QED) is 0.370. The molecule has 2 fully saturated rings. The number of nitrogens with zero attached hydrogens (tertiary/aromatic N) is 2. The molecule has 0 saturated carbocycles. The summed E-state index contributed by atoms with van der Waals surface area (Å²) in [6.45, 7) is 12.4. The van der Waals surface area contributed by atoms with Gasteiger partial charge in [-0.15, -0.1) is 0 Å². The highest BCUT2D eigenvalue weighted by Gasteiger charge is 2.53. The standard InChI is InChI=1S/C33H45FN2O6/c1-19-10-11-24(16-25(19)34)36-14-12-23(35-36)15-21(3)26-17-28-33(7,42-28)13-8-9-20(2)30(39)22(4)31(40)32(5,6)27(37)18-29(38)41-26/h10-12,14-16,20,22,26-28,30,37,39H,8-9,13,17-18H2,1-7H3/b21-15+/t20-,22+,26-,27-,28-,30-,33+/m0/s1. The van der Waals surface area contributed by atoms with E-state index in [0.29, 0.717) is 23.4 Å². The average molecular weight is 585 g/mol. The molecule has 1 aromatic carbocycles. The number of halogens is 1. The van der Waals surface area contributed by atoms with Crippen molar-refractivity contribution in [2.75, 3.05) is 0 Å². The number of aliphatic hydroxyl groups excluding tert-OH is 2. The van der Waals surface area contributed by atoms with E-state index in [1.807, 2.05) is 26.8 Å². The molecule has 2 saturated heterocycles. The highest BCUT2D eigenvalue weighted by Crippen LogP contribution is 2.45. The molecule has 0 aliphatic carbocycles. The molecule has 0 amide bonds. The van der Waals surface area contributed by atoms with Gasteiger partial charge in [-0.05, 0) is 74.9 Å². The Hall–Kier alpha value is -2.88. The maximum atomic E-state index is 14.1. The molecular formula is C33H45FN2O6. The fraction of sp³-hybridized carbons (Fsp3) is 0.606. The van der Waals surface area contributed by atoms with Crippen molar-refractivity contribution < 1.29 is 33.7 Å². The van der Waals surface area contributed by atoms with Crippen LogP contribution in [0.2, 0.25) is 0 Å². The van der Waals surface area contributed by atoms with Crippen LogP contribution in [-0.4, -0.2) is 61.8 Å². The van der Waals surface area contributed by atoms with Gasteiger partial charge >= 0.3 is 5.97 Å². The molecule has 230 valence electrons. The third kappa shape index (κ3) is 7.01. The van der Waals surface area contributed by atoms with Crippen molar-refractivity contribution in [3.63, 3.8) is 0 Å². The zero-order valence-electron chi connectivity index (χ0n) is 25.8. The van der Waals surface area contributed by atoms with Gasteiger partial charge in [0.25, 0.3) is 0 Å². The molecule has 2 aliphatic heterocycles. The second-order valence-corrected chi connectivity index (χ2v) is 13.1. The fourth-order valence-electron chi connectivity index (χ4n) is 5.90. The van der Waals surface area contributed by atoms with E-state index >= 15 is 0 Å². The third-order valence-corrected chi connectivity index (χ3v) is 9.32. The summed E-state index contributed by atoms with van der Waals surface area (Å²) in [5.74, 6) is -2.02. The van der Waals surface area contributed by atoms with Crippen LogP contribution in [0.15, 0.2) is 36.0 Å². The number of benzene rings is 1. The van der Waals surface area contributed by atoms with Crippen LogP contribution in [0.3, 0.4) is 0 Å². The number of esters is 1. The van der Waals surface area contributed by atoms with Gasteiger partial charge in [0.15, 0.2) is 0 Å². The molecule has 2 N–H and O–H groups in total. The largest absolute Gasteiger partial charge is 0.458 e. The molecule has 1 aromatic heterocycles. The molecule has 0 unspecified atom stereocenters. The molecule has 9 heteroatoms. The van der Waals surface area contributed by atoms with Crippen molar-refractivity contribution in [3.8, 4) is 5.69 Å². The summed E-state index contributed by atoms with van der Waals surface area (Å²) >= 11 is 0. The number of ether oxygens (including phenoxy) is 2. The lowest BCUT2D eigenvalue weighted by Gasteiger charge is -2.34. The Morgan fingerprint density at radius 1 is 1.17 bits per heavy atom. The Kier molecular flexibility index (Phi) is 9.45. The van der Waals surface area contributed by atoms with Crippen molar-refractivity contribution in [1.29, 1.82) is 0 Å². The number of rotatable bonds is 3. The summed E-state index contributed by atoms with van der Waals surface area (Å²) in [6.07, 6.45) is 3.07. The Morgan fingerprint density at radius 3 is 2.57 bits per heavy atom. The van der Waals surface area contributed by atoms with E-state index in [-0.39, 0.29) is 35.6 Å². The minimum atomic E-state index is -1.28. The Bertz CT molecular complexity index is 1340. The molecule has 0 spiro atoms. The van der Waals surface area contributed by atoms with E-state index in [4.69, 9.17) is 9.47 Å². The highest BCUT2D eigenvalue weighted by molar-refractivity contribution is 5.88. The molecule has 0 bridgehead atoms. The number of hydrogen-bond acceptors (Lipinski definition) is 7. The van der Waals surface area contributed by atoms with Crippen molar-refractivity contribution in [1.82, 2.24) is 9.78 Å². The van der Waals surface area contributed by atoms with Crippen LogP contribution in [0.5, 0.6) is 0 Å². The lowest BCUT2D eigenvalue weighted by atomic mass is 9.73. The Morgan fingerprint density at radius 2 is 1.88 bits per heavy atom. The number of cyclic esters (lactones) is 1. The Balaban J connectivity index is 1.57. The summed E-state index contributed by atoms with van der Waals surface area (Å²) in [4.78, 5) is 26.5. The molecule has 7 atom stereocenters. The fourth-order valence-corrected chi connectivity index (χ4v) is 5.90. The zero-order chi connectivity index (χ0) is 31.0. The molecule has 4 rings (SSSR count). The van der Waals surface area contributed by atoms with Crippen LogP contribution >= 0.6 is 0 Å². The summed E-state index contributed by atoms with van der Waals surface area (Å²) in [5.41, 5.74) is 0.889. The number of aliphatic hydroxyl groups is 2. The monoisotopic (exact) mass is 584 g/mol. The molecule has 2 aromatic rings. The van der Waals surface area contributed by atoms with Gasteiger partial charge in [0.2, 0.25) is 0 Å². The van der Waals surface area contributed by atoms with Crippen LogP contribution in [0.4, 0.5) is 4.39 Å². The maximum Gasteiger partial charge on any atom is 0.309 e. The van der Waals surface area contributed by atoms with Crippen LogP contribution in [0.1, 0.15) is 84.9 Å². The van der Waals surface area contributed by atoms with Gasteiger partial charge in [0.1, 0.15) is 17.7 Å². The van der Waals surface area contributed by atoms with Crippen molar-refractivity contribution in [3.05, 3.63) is 53.1 Å². The Labute approximate surface area is 247 Å². The lowest BCUT2D eigenvalue weighted by molar-refractivity contribution is -0.154. The second kappa shape index (κ2) is 12.4. The number of carbonyl (C=O) groups excluding carboxylic acids is 2. The van der Waals surface area contributed by atoms with Crippen LogP contribution in [0, 0.1) is 30.0 Å². The molecule has 2 aliphatic rings. The average Bonchev–Trinajstić information content (AvgIpc) is 3.32. The van der Waals surface area contributed by atoms with Gasteiger partial charge in [0, 0.05) is 18.5 Å². The number of ketones is 1. The first-order valence-corrected chi connectivity index (χ1v) is 14.9. The topological polar surface area (TPSA) is 114 Å². The van der Waals surface area contributed by atoms with Crippen LogP contribution in [0.25, 0.3) is 11.8 Å².